The number of hydrogen-bond donors (Lipinski definition) is 1. The normalized spacial score (nSPS) is 20.0. The van der Waals surface area contributed by atoms with Crippen LogP contribution in [0.3, 0.4) is 0 Å². The van der Waals surface area contributed by atoms with Gasteiger partial charge in [-0.15, -0.1) is 0 Å². The summed E-state index contributed by atoms with van der Waals surface area (Å²) in [4.78, 5) is 11.5. The molecule has 2 aromatic carbocycles. The summed E-state index contributed by atoms with van der Waals surface area (Å²) in [6, 6.07) is 15.5. The molecular formula is C23H30N2O4S. The number of sulfonamides is 1. The topological polar surface area (TPSA) is 75.7 Å². The van der Waals surface area contributed by atoms with E-state index >= 15 is 0 Å². The van der Waals surface area contributed by atoms with Crippen LogP contribution in [0.2, 0.25) is 0 Å². The number of hydrogen-bond acceptors (Lipinski definition) is 4. The second kappa shape index (κ2) is 8.88. The molecule has 0 saturated carbocycles. The number of ether oxygens (including phenoxy) is 1. The van der Waals surface area contributed by atoms with Gasteiger partial charge in [0, 0.05) is 31.3 Å². The van der Waals surface area contributed by atoms with Gasteiger partial charge in [-0.2, -0.15) is 4.31 Å². The number of anilines is 1. The van der Waals surface area contributed by atoms with E-state index in [1.54, 1.807) is 28.6 Å². The van der Waals surface area contributed by atoms with Crippen LogP contribution in [0.15, 0.2) is 59.5 Å². The van der Waals surface area contributed by atoms with Crippen molar-refractivity contribution in [3.05, 3.63) is 60.2 Å². The molecule has 1 aliphatic rings. The van der Waals surface area contributed by atoms with E-state index in [4.69, 9.17) is 4.74 Å². The van der Waals surface area contributed by atoms with Crippen molar-refractivity contribution in [3.63, 3.8) is 0 Å². The number of benzene rings is 2. The quantitative estimate of drug-likeness (QED) is 0.739. The Hall–Kier alpha value is -2.22. The van der Waals surface area contributed by atoms with Crippen LogP contribution in [0, 0.1) is 0 Å². The molecule has 30 heavy (non-hydrogen) atoms. The van der Waals surface area contributed by atoms with E-state index < -0.39 is 10.0 Å². The molecule has 0 aliphatic carbocycles. The zero-order valence-corrected chi connectivity index (χ0v) is 18.8. The molecule has 2 aromatic rings. The summed E-state index contributed by atoms with van der Waals surface area (Å²) in [6.45, 7) is 7.87. The Morgan fingerprint density at radius 3 is 2.33 bits per heavy atom. The van der Waals surface area contributed by atoms with E-state index in [2.05, 4.69) is 5.32 Å². The molecule has 1 saturated heterocycles. The van der Waals surface area contributed by atoms with Crippen LogP contribution < -0.4 is 5.32 Å². The van der Waals surface area contributed by atoms with Gasteiger partial charge in [-0.3, -0.25) is 4.79 Å². The fraction of sp³-hybridized carbons (Fsp3) is 0.435. The summed E-state index contributed by atoms with van der Waals surface area (Å²) in [6.07, 6.45) is 1.26. The molecule has 1 heterocycles. The first-order valence-electron chi connectivity index (χ1n) is 10.2. The van der Waals surface area contributed by atoms with Gasteiger partial charge in [0.2, 0.25) is 15.9 Å². The van der Waals surface area contributed by atoms with Gasteiger partial charge >= 0.3 is 0 Å². The van der Waals surface area contributed by atoms with Crippen molar-refractivity contribution in [2.45, 2.75) is 63.1 Å². The van der Waals surface area contributed by atoms with E-state index in [1.165, 1.54) is 6.92 Å². The Balaban J connectivity index is 2.00. The molecule has 0 spiro atoms. The molecule has 1 amide bonds. The van der Waals surface area contributed by atoms with Gasteiger partial charge < -0.3 is 10.1 Å². The minimum Gasteiger partial charge on any atom is -0.375 e. The van der Waals surface area contributed by atoms with Crippen LogP contribution in [0.1, 0.15) is 52.1 Å². The van der Waals surface area contributed by atoms with Crippen molar-refractivity contribution < 1.29 is 17.9 Å². The highest BCUT2D eigenvalue weighted by molar-refractivity contribution is 7.89. The third kappa shape index (κ3) is 5.09. The molecule has 1 N–H and O–H groups in total. The maximum Gasteiger partial charge on any atom is 0.243 e. The maximum absolute atomic E-state index is 13.8. The molecule has 0 radical (unpaired) electrons. The van der Waals surface area contributed by atoms with E-state index in [9.17, 15) is 13.2 Å². The first-order valence-corrected chi connectivity index (χ1v) is 11.6. The van der Waals surface area contributed by atoms with Crippen molar-refractivity contribution in [1.29, 1.82) is 0 Å². The van der Waals surface area contributed by atoms with Gasteiger partial charge in [0.1, 0.15) is 0 Å². The molecule has 162 valence electrons. The average molecular weight is 431 g/mol. The van der Waals surface area contributed by atoms with E-state index in [-0.39, 0.29) is 28.5 Å². The lowest BCUT2D eigenvalue weighted by atomic mass is 9.93. The predicted octanol–water partition coefficient (Wildman–Crippen LogP) is 4.35. The summed E-state index contributed by atoms with van der Waals surface area (Å²) < 4.78 is 35.1. The molecule has 2 unspecified atom stereocenters. The molecule has 1 fully saturated rings. The van der Waals surface area contributed by atoms with Crippen LogP contribution in [0.4, 0.5) is 5.69 Å². The fourth-order valence-electron chi connectivity index (χ4n) is 4.05. The fourth-order valence-corrected chi connectivity index (χ4v) is 5.89. The van der Waals surface area contributed by atoms with Gasteiger partial charge in [0.15, 0.2) is 0 Å². The third-order valence-corrected chi connectivity index (χ3v) is 7.48. The number of nitrogens with zero attached hydrogens (tertiary/aromatic N) is 1. The molecule has 7 heteroatoms. The van der Waals surface area contributed by atoms with Gasteiger partial charge in [0.05, 0.1) is 10.5 Å². The Morgan fingerprint density at radius 1 is 1.13 bits per heavy atom. The zero-order valence-electron chi connectivity index (χ0n) is 18.0. The number of carbonyl (C=O) groups excluding carboxylic acids is 1. The largest absolute Gasteiger partial charge is 0.375 e. The van der Waals surface area contributed by atoms with Crippen molar-refractivity contribution in [3.8, 4) is 0 Å². The highest BCUT2D eigenvalue weighted by atomic mass is 32.2. The average Bonchev–Trinajstić information content (AvgIpc) is 2.68. The van der Waals surface area contributed by atoms with Crippen molar-refractivity contribution in [2.75, 3.05) is 11.9 Å². The first-order chi connectivity index (χ1) is 14.1. The van der Waals surface area contributed by atoms with E-state index in [0.717, 1.165) is 5.56 Å². The van der Waals surface area contributed by atoms with Crippen LogP contribution in [0.5, 0.6) is 0 Å². The van der Waals surface area contributed by atoms with Gasteiger partial charge in [-0.05, 0) is 63.4 Å². The van der Waals surface area contributed by atoms with E-state index in [0.29, 0.717) is 25.1 Å². The number of nitrogens with one attached hydrogen (secondary N) is 1. The molecule has 1 aliphatic heterocycles. The summed E-state index contributed by atoms with van der Waals surface area (Å²) >= 11 is 0. The van der Waals surface area contributed by atoms with Crippen molar-refractivity contribution >= 4 is 21.6 Å². The minimum atomic E-state index is -3.78. The lowest BCUT2D eigenvalue weighted by Gasteiger charge is -2.43. The summed E-state index contributed by atoms with van der Waals surface area (Å²) in [5, 5.41) is 2.67. The smallest absolute Gasteiger partial charge is 0.243 e. The van der Waals surface area contributed by atoms with Crippen LogP contribution in [0.25, 0.3) is 0 Å². The van der Waals surface area contributed by atoms with Crippen molar-refractivity contribution in [2.24, 2.45) is 0 Å². The Kier molecular flexibility index (Phi) is 6.65. The molecule has 0 aromatic heterocycles. The first kappa shape index (κ1) is 22.5. The lowest BCUT2D eigenvalue weighted by molar-refractivity contribution is -0.114. The Morgan fingerprint density at radius 2 is 1.77 bits per heavy atom. The molecule has 2 atom stereocenters. The van der Waals surface area contributed by atoms with Crippen LogP contribution in [-0.2, 0) is 19.6 Å². The lowest BCUT2D eigenvalue weighted by Crippen LogP contribution is -2.49. The molecule has 6 nitrogen and oxygen atoms in total. The summed E-state index contributed by atoms with van der Waals surface area (Å²) in [7, 11) is -3.78. The summed E-state index contributed by atoms with van der Waals surface area (Å²) in [5.41, 5.74) is 1.12. The third-order valence-electron chi connectivity index (χ3n) is 5.44. The molecule has 0 bridgehead atoms. The Bertz CT molecular complexity index is 972. The highest BCUT2D eigenvalue weighted by Crippen LogP contribution is 2.37. The predicted molar refractivity (Wildman–Crippen MR) is 118 cm³/mol. The number of rotatable bonds is 6. The number of amides is 1. The standard InChI is InChI=1S/C23H30N2O4S/c1-17(19-8-6-5-7-9-19)25(21-14-15-29-23(3,4)16-21)30(27,28)22-12-10-20(11-13-22)24-18(2)26/h5-13,17,21H,14-16H2,1-4H3,(H,24,26). The second-order valence-electron chi connectivity index (χ2n) is 8.38. The van der Waals surface area contributed by atoms with Gasteiger partial charge in [0.25, 0.3) is 0 Å². The summed E-state index contributed by atoms with van der Waals surface area (Å²) in [5.74, 6) is -0.200. The number of carbonyl (C=O) groups is 1. The zero-order chi connectivity index (χ0) is 21.9. The maximum atomic E-state index is 13.8. The minimum absolute atomic E-state index is 0.177. The monoisotopic (exact) mass is 430 g/mol. The molecule has 3 rings (SSSR count). The Labute approximate surface area is 179 Å². The second-order valence-corrected chi connectivity index (χ2v) is 10.2. The van der Waals surface area contributed by atoms with Crippen molar-refractivity contribution in [1.82, 2.24) is 4.31 Å². The van der Waals surface area contributed by atoms with Crippen LogP contribution in [-0.4, -0.2) is 36.9 Å². The van der Waals surface area contributed by atoms with Gasteiger partial charge in [-0.25, -0.2) is 8.42 Å². The highest BCUT2D eigenvalue weighted by Gasteiger charge is 2.41. The van der Waals surface area contributed by atoms with Crippen LogP contribution >= 0.6 is 0 Å². The SMILES string of the molecule is CC(=O)Nc1ccc(S(=O)(=O)N(C2CCOC(C)(C)C2)C(C)c2ccccc2)cc1. The molecular weight excluding hydrogens is 400 g/mol. The van der Waals surface area contributed by atoms with Gasteiger partial charge in [-0.1, -0.05) is 30.3 Å². The van der Waals surface area contributed by atoms with E-state index in [1.807, 2.05) is 51.1 Å².